The summed E-state index contributed by atoms with van der Waals surface area (Å²) >= 11 is 3.24. The van der Waals surface area contributed by atoms with Crippen molar-refractivity contribution >= 4 is 28.6 Å². The van der Waals surface area contributed by atoms with Gasteiger partial charge < -0.3 is 14.4 Å². The van der Waals surface area contributed by atoms with Crippen LogP contribution in [-0.2, 0) is 17.8 Å². The molecule has 0 saturated heterocycles. The van der Waals surface area contributed by atoms with Crippen LogP contribution in [0, 0.1) is 6.92 Å². The van der Waals surface area contributed by atoms with Crippen LogP contribution in [0.15, 0.2) is 35.7 Å². The van der Waals surface area contributed by atoms with Crippen LogP contribution in [0.1, 0.15) is 15.4 Å². The van der Waals surface area contributed by atoms with Crippen molar-refractivity contribution in [2.75, 3.05) is 20.3 Å². The molecule has 1 aromatic carbocycles. The number of aryl methyl sites for hydroxylation is 1. The average molecular weight is 401 g/mol. The SMILES string of the molecule is Cc1nc(-c2cccs2)c(CC(=O)N(C)Cc2ccc3c(c2)OCCO3)s1. The topological polar surface area (TPSA) is 51.7 Å². The van der Waals surface area contributed by atoms with Crippen molar-refractivity contribution in [1.82, 2.24) is 9.88 Å². The zero-order valence-electron chi connectivity index (χ0n) is 15.2. The minimum atomic E-state index is 0.0753. The van der Waals surface area contributed by atoms with Crippen LogP contribution in [0.4, 0.5) is 0 Å². The third kappa shape index (κ3) is 3.99. The Labute approximate surface area is 166 Å². The van der Waals surface area contributed by atoms with Crippen LogP contribution in [0.3, 0.4) is 0 Å². The number of thiazole rings is 1. The lowest BCUT2D eigenvalue weighted by molar-refractivity contribution is -0.129. The number of fused-ring (bicyclic) bond motifs is 1. The van der Waals surface area contributed by atoms with E-state index in [9.17, 15) is 4.79 Å². The maximum absolute atomic E-state index is 12.8. The van der Waals surface area contributed by atoms with Gasteiger partial charge in [-0.1, -0.05) is 12.1 Å². The highest BCUT2D eigenvalue weighted by atomic mass is 32.1. The van der Waals surface area contributed by atoms with Gasteiger partial charge in [0.2, 0.25) is 5.91 Å². The van der Waals surface area contributed by atoms with Crippen molar-refractivity contribution in [1.29, 1.82) is 0 Å². The Morgan fingerprint density at radius 1 is 1.22 bits per heavy atom. The summed E-state index contributed by atoms with van der Waals surface area (Å²) in [5.41, 5.74) is 1.96. The molecule has 0 spiro atoms. The fraction of sp³-hybridized carbons (Fsp3) is 0.300. The highest BCUT2D eigenvalue weighted by molar-refractivity contribution is 7.15. The number of benzene rings is 1. The fourth-order valence-corrected chi connectivity index (χ4v) is 4.76. The molecule has 0 unspecified atom stereocenters. The van der Waals surface area contributed by atoms with Gasteiger partial charge in [0.25, 0.3) is 0 Å². The van der Waals surface area contributed by atoms with Crippen LogP contribution in [0.2, 0.25) is 0 Å². The summed E-state index contributed by atoms with van der Waals surface area (Å²) < 4.78 is 11.2. The number of hydrogen-bond acceptors (Lipinski definition) is 6. The predicted molar refractivity (Wildman–Crippen MR) is 108 cm³/mol. The monoisotopic (exact) mass is 400 g/mol. The number of nitrogens with zero attached hydrogens (tertiary/aromatic N) is 2. The van der Waals surface area contributed by atoms with Gasteiger partial charge in [-0.2, -0.15) is 0 Å². The van der Waals surface area contributed by atoms with Gasteiger partial charge in [0.1, 0.15) is 13.2 Å². The van der Waals surface area contributed by atoms with Gasteiger partial charge in [-0.3, -0.25) is 4.79 Å². The van der Waals surface area contributed by atoms with Crippen LogP contribution < -0.4 is 9.47 Å². The number of hydrogen-bond donors (Lipinski definition) is 0. The van der Waals surface area contributed by atoms with Gasteiger partial charge in [0, 0.05) is 18.5 Å². The molecule has 0 fully saturated rings. The smallest absolute Gasteiger partial charge is 0.227 e. The summed E-state index contributed by atoms with van der Waals surface area (Å²) in [6, 6.07) is 9.89. The quantitative estimate of drug-likeness (QED) is 0.646. The molecular weight excluding hydrogens is 380 g/mol. The van der Waals surface area contributed by atoms with E-state index in [-0.39, 0.29) is 5.91 Å². The highest BCUT2D eigenvalue weighted by Gasteiger charge is 2.19. The maximum atomic E-state index is 12.8. The molecule has 0 atom stereocenters. The lowest BCUT2D eigenvalue weighted by Gasteiger charge is -2.21. The zero-order valence-corrected chi connectivity index (χ0v) is 16.9. The molecule has 27 heavy (non-hydrogen) atoms. The molecule has 7 heteroatoms. The second kappa shape index (κ2) is 7.70. The number of likely N-dealkylation sites (N-methyl/N-ethyl adjacent to an activating group) is 1. The lowest BCUT2D eigenvalue weighted by Crippen LogP contribution is -2.27. The first-order chi connectivity index (χ1) is 13.1. The van der Waals surface area contributed by atoms with Gasteiger partial charge in [-0.25, -0.2) is 4.98 Å². The van der Waals surface area contributed by atoms with Crippen LogP contribution >= 0.6 is 22.7 Å². The van der Waals surface area contributed by atoms with E-state index in [1.807, 2.05) is 49.7 Å². The molecule has 5 nitrogen and oxygen atoms in total. The summed E-state index contributed by atoms with van der Waals surface area (Å²) in [6.45, 7) is 3.64. The molecule has 2 aromatic heterocycles. The van der Waals surface area contributed by atoms with Crippen molar-refractivity contribution in [2.45, 2.75) is 19.9 Å². The van der Waals surface area contributed by atoms with Crippen LogP contribution in [0.25, 0.3) is 10.6 Å². The second-order valence-electron chi connectivity index (χ2n) is 6.39. The number of ether oxygens (including phenoxy) is 2. The molecule has 0 N–H and O–H groups in total. The number of carbonyl (C=O) groups is 1. The summed E-state index contributed by atoms with van der Waals surface area (Å²) in [5, 5.41) is 3.01. The summed E-state index contributed by atoms with van der Waals surface area (Å²) in [6.07, 6.45) is 0.361. The van der Waals surface area contributed by atoms with E-state index >= 15 is 0 Å². The Morgan fingerprint density at radius 2 is 2.04 bits per heavy atom. The van der Waals surface area contributed by atoms with E-state index in [1.54, 1.807) is 27.6 Å². The Bertz CT molecular complexity index is 950. The molecule has 1 aliphatic heterocycles. The van der Waals surface area contributed by atoms with E-state index < -0.39 is 0 Å². The largest absolute Gasteiger partial charge is 0.486 e. The number of amides is 1. The van der Waals surface area contributed by atoms with E-state index in [0.717, 1.165) is 37.5 Å². The molecule has 4 rings (SSSR count). The van der Waals surface area contributed by atoms with Gasteiger partial charge in [-0.05, 0) is 36.1 Å². The molecule has 3 heterocycles. The Balaban J connectivity index is 1.46. The van der Waals surface area contributed by atoms with Gasteiger partial charge in [-0.15, -0.1) is 22.7 Å². The third-order valence-corrected chi connectivity index (χ3v) is 6.17. The molecule has 140 valence electrons. The maximum Gasteiger partial charge on any atom is 0.227 e. The second-order valence-corrected chi connectivity index (χ2v) is 8.62. The van der Waals surface area contributed by atoms with E-state index in [1.165, 1.54) is 0 Å². The number of rotatable bonds is 5. The van der Waals surface area contributed by atoms with Crippen LogP contribution in [0.5, 0.6) is 11.5 Å². The van der Waals surface area contributed by atoms with E-state index in [4.69, 9.17) is 9.47 Å². The molecule has 3 aromatic rings. The minimum absolute atomic E-state index is 0.0753. The first-order valence-electron chi connectivity index (χ1n) is 8.73. The molecular formula is C20H20N2O3S2. The van der Waals surface area contributed by atoms with Crippen molar-refractivity contribution in [2.24, 2.45) is 0 Å². The standard InChI is InChI=1S/C20H20N2O3S2/c1-13-21-20(17-4-3-9-26-17)18(27-13)11-19(23)22(2)12-14-5-6-15-16(10-14)25-8-7-24-15/h3-6,9-10H,7-8,11-12H2,1-2H3. The fourth-order valence-electron chi connectivity index (χ4n) is 3.02. The Hall–Kier alpha value is -2.38. The Kier molecular flexibility index (Phi) is 5.13. The third-order valence-electron chi connectivity index (χ3n) is 4.32. The normalized spacial score (nSPS) is 12.8. The van der Waals surface area contributed by atoms with Gasteiger partial charge in [0.15, 0.2) is 11.5 Å². The van der Waals surface area contributed by atoms with E-state index in [2.05, 4.69) is 4.98 Å². The van der Waals surface area contributed by atoms with Crippen molar-refractivity contribution in [3.05, 3.63) is 51.2 Å². The first kappa shape index (κ1) is 18.0. The van der Waals surface area contributed by atoms with Crippen molar-refractivity contribution in [3.8, 4) is 22.1 Å². The molecule has 0 bridgehead atoms. The predicted octanol–water partition coefficient (Wildman–Crippen LogP) is 4.15. The number of carbonyl (C=O) groups excluding carboxylic acids is 1. The summed E-state index contributed by atoms with van der Waals surface area (Å²) in [4.78, 5) is 21.3. The van der Waals surface area contributed by atoms with Gasteiger partial charge in [0.05, 0.1) is 22.0 Å². The number of aromatic nitrogens is 1. The Morgan fingerprint density at radius 3 is 2.81 bits per heavy atom. The molecule has 0 radical (unpaired) electrons. The summed E-state index contributed by atoms with van der Waals surface area (Å²) in [7, 11) is 1.83. The highest BCUT2D eigenvalue weighted by Crippen LogP contribution is 2.33. The van der Waals surface area contributed by atoms with Crippen molar-refractivity contribution < 1.29 is 14.3 Å². The molecule has 1 amide bonds. The zero-order chi connectivity index (χ0) is 18.8. The minimum Gasteiger partial charge on any atom is -0.486 e. The first-order valence-corrected chi connectivity index (χ1v) is 10.4. The van der Waals surface area contributed by atoms with Crippen LogP contribution in [-0.4, -0.2) is 36.1 Å². The van der Waals surface area contributed by atoms with Gasteiger partial charge >= 0.3 is 0 Å². The average Bonchev–Trinajstić information content (AvgIpc) is 3.31. The molecule has 0 saturated carbocycles. The van der Waals surface area contributed by atoms with Crippen molar-refractivity contribution in [3.63, 3.8) is 0 Å². The molecule has 1 aliphatic rings. The summed E-state index contributed by atoms with van der Waals surface area (Å²) in [5.74, 6) is 1.59. The number of thiophene rings is 1. The molecule has 0 aliphatic carbocycles. The van der Waals surface area contributed by atoms with E-state index in [0.29, 0.717) is 26.2 Å². The lowest BCUT2D eigenvalue weighted by atomic mass is 10.1.